The number of carbonyl (C=O) groups is 1. The molecule has 0 unspecified atom stereocenters. The second-order valence-corrected chi connectivity index (χ2v) is 8.69. The molecule has 0 bridgehead atoms. The molecule has 1 aromatic heterocycles. The van der Waals surface area contributed by atoms with Gasteiger partial charge in [0.25, 0.3) is 11.5 Å². The highest BCUT2D eigenvalue weighted by molar-refractivity contribution is 7.89. The van der Waals surface area contributed by atoms with Gasteiger partial charge < -0.3 is 4.57 Å². The van der Waals surface area contributed by atoms with Crippen molar-refractivity contribution in [1.29, 1.82) is 0 Å². The number of hydrazine groups is 1. The van der Waals surface area contributed by atoms with Crippen molar-refractivity contribution in [3.05, 3.63) is 70.5 Å². The number of hydrogen-bond donors (Lipinski definition) is 3. The van der Waals surface area contributed by atoms with Gasteiger partial charge in [-0.2, -0.15) is 0 Å². The largest absolute Gasteiger partial charge is 0.311 e. The number of benzene rings is 2. The molecule has 0 spiro atoms. The third-order valence-corrected chi connectivity index (χ3v) is 6.32. The van der Waals surface area contributed by atoms with Crippen LogP contribution in [0.3, 0.4) is 0 Å². The predicted molar refractivity (Wildman–Crippen MR) is 110 cm³/mol. The molecule has 0 aliphatic heterocycles. The van der Waals surface area contributed by atoms with E-state index in [1.807, 2.05) is 0 Å². The number of pyridine rings is 1. The van der Waals surface area contributed by atoms with E-state index in [2.05, 4.69) is 15.6 Å². The molecule has 0 atom stereocenters. The first kappa shape index (κ1) is 19.2. The average Bonchev–Trinajstić information content (AvgIpc) is 3.52. The van der Waals surface area contributed by atoms with E-state index in [9.17, 15) is 18.0 Å². The number of aromatic nitrogens is 1. The summed E-state index contributed by atoms with van der Waals surface area (Å²) in [6, 6.07) is 14.5. The Kier molecular flexibility index (Phi) is 4.85. The molecule has 1 aliphatic rings. The van der Waals surface area contributed by atoms with Crippen LogP contribution in [-0.4, -0.2) is 24.9 Å². The fourth-order valence-electron chi connectivity index (χ4n) is 3.00. The Balaban J connectivity index is 1.50. The molecule has 150 valence electrons. The van der Waals surface area contributed by atoms with E-state index < -0.39 is 15.9 Å². The first-order valence-electron chi connectivity index (χ1n) is 9.13. The van der Waals surface area contributed by atoms with Crippen molar-refractivity contribution in [2.75, 3.05) is 5.43 Å². The number of fused-ring (bicyclic) bond motifs is 1. The van der Waals surface area contributed by atoms with Gasteiger partial charge in [0.15, 0.2) is 0 Å². The number of nitrogens with zero attached hydrogens (tertiary/aromatic N) is 1. The molecule has 1 saturated carbocycles. The zero-order chi connectivity index (χ0) is 20.6. The third-order valence-electron chi connectivity index (χ3n) is 4.78. The Bertz CT molecular complexity index is 1250. The summed E-state index contributed by atoms with van der Waals surface area (Å²) in [4.78, 5) is 24.9. The van der Waals surface area contributed by atoms with Gasteiger partial charge in [-0.25, -0.2) is 13.1 Å². The molecule has 2 aromatic carbocycles. The van der Waals surface area contributed by atoms with Crippen LogP contribution in [0.2, 0.25) is 0 Å². The number of rotatable bonds is 6. The summed E-state index contributed by atoms with van der Waals surface area (Å²) in [7, 11) is -1.87. The summed E-state index contributed by atoms with van der Waals surface area (Å²) in [6.45, 7) is 0. The lowest BCUT2D eigenvalue weighted by Gasteiger charge is -2.12. The first-order valence-corrected chi connectivity index (χ1v) is 10.6. The van der Waals surface area contributed by atoms with Gasteiger partial charge >= 0.3 is 0 Å². The lowest BCUT2D eigenvalue weighted by atomic mass is 10.1. The topological polar surface area (TPSA) is 109 Å². The molecule has 1 aliphatic carbocycles. The smallest absolute Gasteiger partial charge is 0.270 e. The summed E-state index contributed by atoms with van der Waals surface area (Å²) in [5.41, 5.74) is 6.44. The molecule has 1 fully saturated rings. The van der Waals surface area contributed by atoms with E-state index in [-0.39, 0.29) is 22.1 Å². The normalized spacial score (nSPS) is 14.0. The van der Waals surface area contributed by atoms with Crippen LogP contribution in [0.1, 0.15) is 23.2 Å². The van der Waals surface area contributed by atoms with Crippen LogP contribution in [0.25, 0.3) is 10.9 Å². The van der Waals surface area contributed by atoms with Crippen molar-refractivity contribution in [1.82, 2.24) is 14.7 Å². The number of anilines is 1. The molecular formula is C20H20N4O4S. The Hall–Kier alpha value is -3.17. The Morgan fingerprint density at radius 1 is 1.07 bits per heavy atom. The average molecular weight is 412 g/mol. The van der Waals surface area contributed by atoms with Crippen molar-refractivity contribution in [2.24, 2.45) is 7.05 Å². The summed E-state index contributed by atoms with van der Waals surface area (Å²) in [5, 5.41) is 0.654. The lowest BCUT2D eigenvalue weighted by molar-refractivity contribution is 0.0964. The maximum atomic E-state index is 12.6. The molecule has 1 amide bonds. The number of sulfonamides is 1. The van der Waals surface area contributed by atoms with Crippen LogP contribution >= 0.6 is 0 Å². The van der Waals surface area contributed by atoms with Gasteiger partial charge in [-0.15, -0.1) is 0 Å². The van der Waals surface area contributed by atoms with E-state index in [1.54, 1.807) is 43.4 Å². The summed E-state index contributed by atoms with van der Waals surface area (Å²) >= 11 is 0. The Morgan fingerprint density at radius 3 is 2.45 bits per heavy atom. The van der Waals surface area contributed by atoms with Crippen LogP contribution in [0, 0.1) is 0 Å². The molecule has 1 heterocycles. The lowest BCUT2D eigenvalue weighted by Crippen LogP contribution is -2.31. The van der Waals surface area contributed by atoms with Gasteiger partial charge in [-0.05, 0) is 43.2 Å². The van der Waals surface area contributed by atoms with Crippen LogP contribution < -0.4 is 21.1 Å². The molecule has 8 nitrogen and oxygen atoms in total. The standard InChI is InChI=1S/C20H20N4O4S/c1-24-18-5-3-2-4-16(18)17(12-19(24)25)20(26)22-21-13-8-10-15(11-9-13)29(27,28)23-14-6-7-14/h2-5,8-12,14,21,23H,6-7H2,1H3,(H,22,26). The molecule has 29 heavy (non-hydrogen) atoms. The zero-order valence-corrected chi connectivity index (χ0v) is 16.5. The third kappa shape index (κ3) is 4.01. The number of para-hydroxylation sites is 1. The van der Waals surface area contributed by atoms with Crippen LogP contribution in [0.4, 0.5) is 5.69 Å². The number of amides is 1. The Labute approximate surface area is 167 Å². The number of nitrogens with one attached hydrogen (secondary N) is 3. The minimum absolute atomic E-state index is 0.0329. The van der Waals surface area contributed by atoms with E-state index >= 15 is 0 Å². The monoisotopic (exact) mass is 412 g/mol. The second-order valence-electron chi connectivity index (χ2n) is 6.97. The molecule has 0 radical (unpaired) electrons. The van der Waals surface area contributed by atoms with Crippen LogP contribution in [0.5, 0.6) is 0 Å². The van der Waals surface area contributed by atoms with Crippen LogP contribution in [-0.2, 0) is 17.1 Å². The summed E-state index contributed by atoms with van der Waals surface area (Å²) in [6.07, 6.45) is 1.73. The van der Waals surface area contributed by atoms with Crippen molar-refractivity contribution < 1.29 is 13.2 Å². The number of hydrogen-bond acceptors (Lipinski definition) is 5. The molecule has 3 aromatic rings. The Morgan fingerprint density at radius 2 is 1.76 bits per heavy atom. The minimum atomic E-state index is -3.52. The van der Waals surface area contributed by atoms with E-state index in [1.165, 1.54) is 22.8 Å². The van der Waals surface area contributed by atoms with E-state index in [0.29, 0.717) is 16.6 Å². The molecule has 0 saturated heterocycles. The predicted octanol–water partition coefficient (Wildman–Crippen LogP) is 1.74. The fraction of sp³-hybridized carbons (Fsp3) is 0.200. The van der Waals surface area contributed by atoms with Crippen LogP contribution in [0.15, 0.2) is 64.3 Å². The molecular weight excluding hydrogens is 392 g/mol. The van der Waals surface area contributed by atoms with E-state index in [0.717, 1.165) is 12.8 Å². The maximum Gasteiger partial charge on any atom is 0.270 e. The quantitative estimate of drug-likeness (QED) is 0.534. The summed E-state index contributed by atoms with van der Waals surface area (Å²) in [5.74, 6) is -0.467. The van der Waals surface area contributed by atoms with Crippen molar-refractivity contribution in [3.63, 3.8) is 0 Å². The first-order chi connectivity index (χ1) is 13.8. The molecule has 3 N–H and O–H groups in total. The second kappa shape index (κ2) is 7.34. The highest BCUT2D eigenvalue weighted by atomic mass is 32.2. The number of carbonyl (C=O) groups excluding carboxylic acids is 1. The summed E-state index contributed by atoms with van der Waals surface area (Å²) < 4.78 is 28.5. The van der Waals surface area contributed by atoms with Gasteiger partial charge in [0.05, 0.1) is 21.7 Å². The van der Waals surface area contributed by atoms with Crippen molar-refractivity contribution >= 4 is 32.5 Å². The van der Waals surface area contributed by atoms with Gasteiger partial charge in [0.1, 0.15) is 0 Å². The van der Waals surface area contributed by atoms with Gasteiger partial charge in [-0.3, -0.25) is 20.4 Å². The van der Waals surface area contributed by atoms with Gasteiger partial charge in [0, 0.05) is 24.5 Å². The SMILES string of the molecule is Cn1c(=O)cc(C(=O)NNc2ccc(S(=O)(=O)NC3CC3)cc2)c2ccccc21. The van der Waals surface area contributed by atoms with Crippen molar-refractivity contribution in [3.8, 4) is 0 Å². The van der Waals surface area contributed by atoms with Gasteiger partial charge in [-0.1, -0.05) is 18.2 Å². The number of aryl methyl sites for hydroxylation is 1. The van der Waals surface area contributed by atoms with Crippen molar-refractivity contribution in [2.45, 2.75) is 23.8 Å². The maximum absolute atomic E-state index is 12.6. The van der Waals surface area contributed by atoms with E-state index in [4.69, 9.17) is 0 Å². The highest BCUT2D eigenvalue weighted by Gasteiger charge is 2.27. The van der Waals surface area contributed by atoms with Gasteiger partial charge in [0.2, 0.25) is 10.0 Å². The minimum Gasteiger partial charge on any atom is -0.311 e. The molecule has 9 heteroatoms. The molecule has 4 rings (SSSR count). The highest BCUT2D eigenvalue weighted by Crippen LogP contribution is 2.23. The zero-order valence-electron chi connectivity index (χ0n) is 15.7. The fourth-order valence-corrected chi connectivity index (χ4v) is 4.31.